The molecular weight excluding hydrogens is 354 g/mol. The molecule has 3 N–H and O–H groups in total. The summed E-state index contributed by atoms with van der Waals surface area (Å²) >= 11 is 5.88. The molecule has 2 aromatic carbocycles. The Morgan fingerprint density at radius 1 is 1.23 bits per heavy atom. The molecule has 0 radical (unpaired) electrons. The average Bonchev–Trinajstić information content (AvgIpc) is 3.02. The van der Waals surface area contributed by atoms with Crippen LogP contribution in [-0.2, 0) is 13.1 Å². The van der Waals surface area contributed by atoms with E-state index in [4.69, 9.17) is 22.1 Å². The standard InChI is InChI=1S/C18H18ClN5O2/c1-26-15-5-3-2-4-13(15)10-21-18(25)16-17(20)24(23-22-16)11-12-6-8-14(19)9-7-12/h2-9H,10-11,20H2,1H3,(H,21,25). The fourth-order valence-electron chi connectivity index (χ4n) is 2.47. The van der Waals surface area contributed by atoms with E-state index in [1.165, 1.54) is 4.68 Å². The van der Waals surface area contributed by atoms with Crippen molar-refractivity contribution in [2.24, 2.45) is 0 Å². The molecule has 8 heteroatoms. The Labute approximate surface area is 155 Å². The van der Waals surface area contributed by atoms with Gasteiger partial charge in [0.25, 0.3) is 5.91 Å². The Morgan fingerprint density at radius 2 is 1.96 bits per heavy atom. The zero-order valence-corrected chi connectivity index (χ0v) is 14.9. The molecule has 7 nitrogen and oxygen atoms in total. The maximum atomic E-state index is 12.4. The molecule has 0 aliphatic rings. The van der Waals surface area contributed by atoms with Crippen LogP contribution in [0.15, 0.2) is 48.5 Å². The third-order valence-electron chi connectivity index (χ3n) is 3.87. The first-order valence-corrected chi connectivity index (χ1v) is 8.29. The highest BCUT2D eigenvalue weighted by molar-refractivity contribution is 6.30. The van der Waals surface area contributed by atoms with Gasteiger partial charge in [-0.1, -0.05) is 47.1 Å². The topological polar surface area (TPSA) is 95.1 Å². The number of carbonyl (C=O) groups excluding carboxylic acids is 1. The number of benzene rings is 2. The maximum absolute atomic E-state index is 12.4. The third kappa shape index (κ3) is 3.94. The van der Waals surface area contributed by atoms with Gasteiger partial charge in [0, 0.05) is 17.1 Å². The van der Waals surface area contributed by atoms with Crippen LogP contribution in [0.1, 0.15) is 21.6 Å². The SMILES string of the molecule is COc1ccccc1CNC(=O)c1nnn(Cc2ccc(Cl)cc2)c1N. The van der Waals surface area contributed by atoms with Crippen LogP contribution in [0.3, 0.4) is 0 Å². The van der Waals surface area contributed by atoms with Crippen LogP contribution < -0.4 is 15.8 Å². The number of rotatable bonds is 6. The predicted octanol–water partition coefficient (Wildman–Crippen LogP) is 2.50. The van der Waals surface area contributed by atoms with Gasteiger partial charge in [-0.2, -0.15) is 0 Å². The van der Waals surface area contributed by atoms with Crippen LogP contribution in [0.5, 0.6) is 5.75 Å². The fraction of sp³-hybridized carbons (Fsp3) is 0.167. The van der Waals surface area contributed by atoms with E-state index < -0.39 is 5.91 Å². The summed E-state index contributed by atoms with van der Waals surface area (Å²) in [6.45, 7) is 0.697. The first-order valence-electron chi connectivity index (χ1n) is 7.92. The largest absolute Gasteiger partial charge is 0.496 e. The molecule has 1 heterocycles. The molecule has 3 rings (SSSR count). The highest BCUT2D eigenvalue weighted by atomic mass is 35.5. The lowest BCUT2D eigenvalue weighted by molar-refractivity contribution is 0.0946. The molecule has 0 aliphatic heterocycles. The lowest BCUT2D eigenvalue weighted by Crippen LogP contribution is -2.24. The molecule has 0 bridgehead atoms. The van der Waals surface area contributed by atoms with Gasteiger partial charge in [-0.15, -0.1) is 5.10 Å². The molecule has 0 unspecified atom stereocenters. The number of aromatic nitrogens is 3. The summed E-state index contributed by atoms with van der Waals surface area (Å²) in [4.78, 5) is 12.4. The van der Waals surface area contributed by atoms with Crippen molar-refractivity contribution in [3.8, 4) is 5.75 Å². The molecule has 3 aromatic rings. The van der Waals surface area contributed by atoms with Gasteiger partial charge in [-0.25, -0.2) is 4.68 Å². The van der Waals surface area contributed by atoms with Crippen LogP contribution in [0.4, 0.5) is 5.82 Å². The van der Waals surface area contributed by atoms with Gasteiger partial charge in [0.1, 0.15) is 5.75 Å². The average molecular weight is 372 g/mol. The number of nitrogens with zero attached hydrogens (tertiary/aromatic N) is 3. The van der Waals surface area contributed by atoms with Crippen LogP contribution in [0.2, 0.25) is 5.02 Å². The zero-order chi connectivity index (χ0) is 18.5. The van der Waals surface area contributed by atoms with Crippen LogP contribution >= 0.6 is 11.6 Å². The number of hydrogen-bond donors (Lipinski definition) is 2. The van der Waals surface area contributed by atoms with Crippen molar-refractivity contribution in [2.45, 2.75) is 13.1 Å². The summed E-state index contributed by atoms with van der Waals surface area (Å²) in [5.74, 6) is 0.514. The fourth-order valence-corrected chi connectivity index (χ4v) is 2.60. The number of halogens is 1. The zero-order valence-electron chi connectivity index (χ0n) is 14.1. The summed E-state index contributed by atoms with van der Waals surface area (Å²) in [5, 5.41) is 11.3. The summed E-state index contributed by atoms with van der Waals surface area (Å²) in [5.41, 5.74) is 7.93. The number of ether oxygens (including phenoxy) is 1. The maximum Gasteiger partial charge on any atom is 0.275 e. The summed E-state index contributed by atoms with van der Waals surface area (Å²) in [6, 6.07) is 14.7. The van der Waals surface area contributed by atoms with Gasteiger partial charge in [0.2, 0.25) is 0 Å². The number of nitrogen functional groups attached to an aromatic ring is 1. The summed E-state index contributed by atoms with van der Waals surface area (Å²) < 4.78 is 6.74. The Morgan fingerprint density at radius 3 is 2.69 bits per heavy atom. The minimum Gasteiger partial charge on any atom is -0.496 e. The lowest BCUT2D eigenvalue weighted by atomic mass is 10.2. The molecule has 0 spiro atoms. The Hall–Kier alpha value is -3.06. The van der Waals surface area contributed by atoms with Gasteiger partial charge >= 0.3 is 0 Å². The molecule has 134 valence electrons. The smallest absolute Gasteiger partial charge is 0.275 e. The minimum atomic E-state index is -0.393. The van der Waals surface area contributed by atoms with Crippen molar-refractivity contribution in [3.63, 3.8) is 0 Å². The first kappa shape index (κ1) is 17.8. The highest BCUT2D eigenvalue weighted by Gasteiger charge is 2.17. The Balaban J connectivity index is 1.68. The van der Waals surface area contributed by atoms with E-state index >= 15 is 0 Å². The van der Waals surface area contributed by atoms with E-state index in [1.807, 2.05) is 36.4 Å². The molecule has 1 aromatic heterocycles. The number of methoxy groups -OCH3 is 1. The van der Waals surface area contributed by atoms with Crippen LogP contribution in [-0.4, -0.2) is 28.0 Å². The minimum absolute atomic E-state index is 0.0915. The van der Waals surface area contributed by atoms with Crippen LogP contribution in [0, 0.1) is 0 Å². The third-order valence-corrected chi connectivity index (χ3v) is 4.12. The number of para-hydroxylation sites is 1. The van der Waals surface area contributed by atoms with Crippen molar-refractivity contribution >= 4 is 23.3 Å². The summed E-state index contributed by atoms with van der Waals surface area (Å²) in [6.07, 6.45) is 0. The molecule has 0 saturated carbocycles. The molecule has 0 atom stereocenters. The Kier molecular flexibility index (Phi) is 5.38. The van der Waals surface area contributed by atoms with Gasteiger partial charge < -0.3 is 15.8 Å². The molecule has 1 amide bonds. The van der Waals surface area contributed by atoms with E-state index in [0.717, 1.165) is 11.1 Å². The van der Waals surface area contributed by atoms with E-state index in [-0.39, 0.29) is 11.5 Å². The number of carbonyl (C=O) groups is 1. The van der Waals surface area contributed by atoms with Gasteiger partial charge in [-0.3, -0.25) is 4.79 Å². The van der Waals surface area contributed by atoms with E-state index in [2.05, 4.69) is 15.6 Å². The second-order valence-electron chi connectivity index (χ2n) is 5.60. The molecule has 0 saturated heterocycles. The van der Waals surface area contributed by atoms with Crippen molar-refractivity contribution in [1.82, 2.24) is 20.3 Å². The number of nitrogens with one attached hydrogen (secondary N) is 1. The van der Waals surface area contributed by atoms with Gasteiger partial charge in [0.15, 0.2) is 11.5 Å². The molecular formula is C18H18ClN5O2. The van der Waals surface area contributed by atoms with E-state index in [0.29, 0.717) is 23.9 Å². The van der Waals surface area contributed by atoms with E-state index in [1.54, 1.807) is 19.2 Å². The predicted molar refractivity (Wildman–Crippen MR) is 99.2 cm³/mol. The molecule has 0 aliphatic carbocycles. The summed E-state index contributed by atoms with van der Waals surface area (Å²) in [7, 11) is 1.58. The van der Waals surface area contributed by atoms with Gasteiger partial charge in [0.05, 0.1) is 13.7 Å². The quantitative estimate of drug-likeness (QED) is 0.694. The number of hydrogen-bond acceptors (Lipinski definition) is 5. The van der Waals surface area contributed by atoms with Crippen molar-refractivity contribution in [2.75, 3.05) is 12.8 Å². The molecule has 0 fully saturated rings. The molecule has 26 heavy (non-hydrogen) atoms. The van der Waals surface area contributed by atoms with Crippen molar-refractivity contribution < 1.29 is 9.53 Å². The number of amides is 1. The number of anilines is 1. The van der Waals surface area contributed by atoms with Gasteiger partial charge in [-0.05, 0) is 23.8 Å². The normalized spacial score (nSPS) is 10.5. The number of nitrogens with two attached hydrogens (primary N) is 1. The monoisotopic (exact) mass is 371 g/mol. The Bertz CT molecular complexity index is 908. The highest BCUT2D eigenvalue weighted by Crippen LogP contribution is 2.17. The van der Waals surface area contributed by atoms with Crippen molar-refractivity contribution in [1.29, 1.82) is 0 Å². The van der Waals surface area contributed by atoms with Crippen LogP contribution in [0.25, 0.3) is 0 Å². The van der Waals surface area contributed by atoms with E-state index in [9.17, 15) is 4.79 Å². The van der Waals surface area contributed by atoms with Crippen molar-refractivity contribution in [3.05, 3.63) is 70.4 Å². The second kappa shape index (κ2) is 7.88. The lowest BCUT2D eigenvalue weighted by Gasteiger charge is -2.09. The first-order chi connectivity index (χ1) is 12.6. The second-order valence-corrected chi connectivity index (χ2v) is 6.04.